The van der Waals surface area contributed by atoms with E-state index in [4.69, 9.17) is 13.9 Å². The van der Waals surface area contributed by atoms with Crippen LogP contribution in [-0.4, -0.2) is 67.0 Å². The molecule has 0 radical (unpaired) electrons. The zero-order valence-electron chi connectivity index (χ0n) is 18.1. The second-order valence-electron chi connectivity index (χ2n) is 7.67. The van der Waals surface area contributed by atoms with E-state index >= 15 is 0 Å². The minimum absolute atomic E-state index is 0.172. The molecule has 2 N–H and O–H groups in total. The molecule has 10 nitrogen and oxygen atoms in total. The van der Waals surface area contributed by atoms with Crippen molar-refractivity contribution in [1.82, 2.24) is 20.1 Å². The zero-order valence-corrected chi connectivity index (χ0v) is 18.9. The summed E-state index contributed by atoms with van der Waals surface area (Å²) in [6.07, 6.45) is -0.538. The number of furan rings is 1. The van der Waals surface area contributed by atoms with Gasteiger partial charge in [-0.25, -0.2) is 8.42 Å². The zero-order chi connectivity index (χ0) is 22.9. The van der Waals surface area contributed by atoms with Crippen molar-refractivity contribution in [3.63, 3.8) is 0 Å². The van der Waals surface area contributed by atoms with Crippen molar-refractivity contribution in [2.75, 3.05) is 27.3 Å². The summed E-state index contributed by atoms with van der Waals surface area (Å²) in [6.45, 7) is 2.46. The molecule has 0 amide bonds. The van der Waals surface area contributed by atoms with Crippen LogP contribution in [0, 0.1) is 6.92 Å². The van der Waals surface area contributed by atoms with E-state index in [1.807, 2.05) is 0 Å². The first-order chi connectivity index (χ1) is 15.3. The van der Waals surface area contributed by atoms with E-state index in [1.54, 1.807) is 41.8 Å². The number of β-amino-alcohol motifs (C(OH)–C–C–N with tert-alkyl or cyclic N) is 1. The Morgan fingerprint density at radius 1 is 1.16 bits per heavy atom. The molecule has 0 bridgehead atoms. The highest BCUT2D eigenvalue weighted by Crippen LogP contribution is 2.37. The first-order valence-electron chi connectivity index (χ1n) is 10.2. The third-order valence-electron chi connectivity index (χ3n) is 5.44. The van der Waals surface area contributed by atoms with Crippen molar-refractivity contribution >= 4 is 9.84 Å². The summed E-state index contributed by atoms with van der Waals surface area (Å²) in [5.74, 6) is 2.17. The molecule has 1 aliphatic heterocycles. The number of aliphatic hydroxyl groups is 1. The van der Waals surface area contributed by atoms with Crippen molar-refractivity contribution in [1.29, 1.82) is 0 Å². The number of rotatable bonds is 7. The summed E-state index contributed by atoms with van der Waals surface area (Å²) in [5, 5.41) is 20.6. The summed E-state index contributed by atoms with van der Waals surface area (Å²) < 4.78 is 44.9. The number of benzene rings is 1. The predicted octanol–water partition coefficient (Wildman–Crippen LogP) is 1.49. The molecule has 3 aromatic rings. The van der Waals surface area contributed by atoms with Crippen LogP contribution in [0.4, 0.5) is 0 Å². The van der Waals surface area contributed by atoms with Crippen LogP contribution in [0.15, 0.2) is 34.7 Å². The van der Waals surface area contributed by atoms with E-state index in [1.165, 1.54) is 14.2 Å². The molecule has 1 saturated heterocycles. The molecule has 2 aromatic heterocycles. The van der Waals surface area contributed by atoms with Crippen LogP contribution in [0.5, 0.6) is 11.5 Å². The quantitative estimate of drug-likeness (QED) is 0.536. The van der Waals surface area contributed by atoms with E-state index in [9.17, 15) is 13.5 Å². The number of piperidine rings is 1. The molecule has 1 fully saturated rings. The van der Waals surface area contributed by atoms with E-state index in [2.05, 4.69) is 15.5 Å². The van der Waals surface area contributed by atoms with Crippen LogP contribution >= 0.6 is 0 Å². The molecule has 2 atom stereocenters. The number of ether oxygens (including phenoxy) is 2. The van der Waals surface area contributed by atoms with E-state index in [-0.39, 0.29) is 24.5 Å². The topological polar surface area (TPSA) is 129 Å². The van der Waals surface area contributed by atoms with Gasteiger partial charge in [0.2, 0.25) is 5.82 Å². The summed E-state index contributed by atoms with van der Waals surface area (Å²) in [4.78, 5) is 0. The molecular weight excluding hydrogens is 436 g/mol. The van der Waals surface area contributed by atoms with Crippen molar-refractivity contribution in [3.05, 3.63) is 41.9 Å². The fraction of sp³-hybridized carbons (Fsp3) is 0.429. The monoisotopic (exact) mass is 462 g/mol. The Balaban J connectivity index is 1.86. The lowest BCUT2D eigenvalue weighted by atomic mass is 10.1. The Morgan fingerprint density at radius 2 is 1.88 bits per heavy atom. The van der Waals surface area contributed by atoms with Crippen LogP contribution in [0.25, 0.3) is 17.3 Å². The van der Waals surface area contributed by atoms with Gasteiger partial charge in [-0.1, -0.05) is 6.07 Å². The van der Waals surface area contributed by atoms with Gasteiger partial charge >= 0.3 is 0 Å². The van der Waals surface area contributed by atoms with Gasteiger partial charge in [0.1, 0.15) is 28.7 Å². The maximum atomic E-state index is 13.2. The van der Waals surface area contributed by atoms with Crippen LogP contribution in [0.1, 0.15) is 18.0 Å². The summed E-state index contributed by atoms with van der Waals surface area (Å²) >= 11 is 0. The van der Waals surface area contributed by atoms with Gasteiger partial charge in [0.15, 0.2) is 21.4 Å². The highest BCUT2D eigenvalue weighted by molar-refractivity contribution is 7.91. The summed E-state index contributed by atoms with van der Waals surface area (Å²) in [7, 11) is -0.623. The first kappa shape index (κ1) is 22.3. The van der Waals surface area contributed by atoms with Crippen molar-refractivity contribution in [3.8, 4) is 28.8 Å². The average Bonchev–Trinajstić information content (AvgIpc) is 3.38. The second-order valence-corrected chi connectivity index (χ2v) is 9.95. The molecule has 1 aliphatic rings. The van der Waals surface area contributed by atoms with Gasteiger partial charge < -0.3 is 24.3 Å². The number of para-hydroxylation sites is 1. The number of hydrogen-bond acceptors (Lipinski definition) is 9. The molecule has 32 heavy (non-hydrogen) atoms. The van der Waals surface area contributed by atoms with Crippen molar-refractivity contribution in [2.24, 2.45) is 0 Å². The Bertz CT molecular complexity index is 1180. The molecule has 4 rings (SSSR count). The van der Waals surface area contributed by atoms with E-state index < -0.39 is 21.2 Å². The number of nitrogens with one attached hydrogen (secondary N) is 1. The Labute approximate surface area is 186 Å². The maximum Gasteiger partial charge on any atom is 0.204 e. The normalized spacial score (nSPS) is 19.1. The van der Waals surface area contributed by atoms with Gasteiger partial charge in [0, 0.05) is 13.1 Å². The van der Waals surface area contributed by atoms with Crippen molar-refractivity contribution < 1.29 is 27.4 Å². The number of aromatic nitrogens is 3. The van der Waals surface area contributed by atoms with Crippen LogP contribution in [-0.2, 0) is 15.6 Å². The number of hydrogen-bond donors (Lipinski definition) is 2. The fourth-order valence-corrected chi connectivity index (χ4v) is 5.53. The predicted molar refractivity (Wildman–Crippen MR) is 117 cm³/mol. The third-order valence-corrected chi connectivity index (χ3v) is 7.48. The first-order valence-corrected chi connectivity index (χ1v) is 11.9. The number of sulfone groups is 1. The van der Waals surface area contributed by atoms with Gasteiger partial charge in [0.25, 0.3) is 0 Å². The van der Waals surface area contributed by atoms with Crippen molar-refractivity contribution in [2.45, 2.75) is 30.5 Å². The Morgan fingerprint density at radius 3 is 2.47 bits per heavy atom. The third kappa shape index (κ3) is 4.23. The molecule has 0 aliphatic carbocycles. The number of nitrogens with zero attached hydrogens (tertiary/aromatic N) is 3. The smallest absolute Gasteiger partial charge is 0.204 e. The highest BCUT2D eigenvalue weighted by atomic mass is 32.2. The average molecular weight is 463 g/mol. The Kier molecular flexibility index (Phi) is 6.22. The summed E-state index contributed by atoms with van der Waals surface area (Å²) in [5.41, 5.74) is 0.471. The SMILES string of the molecule is COc1cccc(OC)c1-n1c(CS(=O)(=O)[C@H]2CNC[C@@H](O)C2)nnc1-c1ccc(C)o1. The molecule has 1 aromatic carbocycles. The summed E-state index contributed by atoms with van der Waals surface area (Å²) in [6, 6.07) is 8.80. The minimum atomic E-state index is -3.66. The lowest BCUT2D eigenvalue weighted by Gasteiger charge is -2.26. The lowest BCUT2D eigenvalue weighted by molar-refractivity contribution is 0.143. The van der Waals surface area contributed by atoms with Gasteiger partial charge in [-0.3, -0.25) is 4.57 Å². The molecule has 11 heteroatoms. The minimum Gasteiger partial charge on any atom is -0.494 e. The van der Waals surface area contributed by atoms with Gasteiger partial charge in [-0.2, -0.15) is 0 Å². The standard InChI is InChI=1S/C21H26N4O6S/c1-13-7-8-18(31-13)21-24-23-19(12-32(27,28)15-9-14(26)10-22-11-15)25(21)20-16(29-2)5-4-6-17(20)30-3/h4-8,14-15,22,26H,9-12H2,1-3H3/t14-,15+/m0/s1. The highest BCUT2D eigenvalue weighted by Gasteiger charge is 2.34. The van der Waals surface area contributed by atoms with Crippen LogP contribution in [0.3, 0.4) is 0 Å². The molecule has 0 saturated carbocycles. The molecule has 0 spiro atoms. The van der Waals surface area contributed by atoms with Gasteiger partial charge in [-0.05, 0) is 37.6 Å². The molecule has 172 valence electrons. The van der Waals surface area contributed by atoms with Crippen LogP contribution in [0.2, 0.25) is 0 Å². The van der Waals surface area contributed by atoms with E-state index in [0.717, 1.165) is 0 Å². The Hall–Kier alpha value is -2.89. The largest absolute Gasteiger partial charge is 0.494 e. The number of aryl methyl sites for hydroxylation is 1. The maximum absolute atomic E-state index is 13.2. The van der Waals surface area contributed by atoms with Gasteiger partial charge in [0.05, 0.1) is 25.6 Å². The fourth-order valence-electron chi connectivity index (χ4n) is 3.86. The second kappa shape index (κ2) is 8.93. The van der Waals surface area contributed by atoms with E-state index in [0.29, 0.717) is 41.1 Å². The molecule has 3 heterocycles. The van der Waals surface area contributed by atoms with Gasteiger partial charge in [-0.15, -0.1) is 10.2 Å². The van der Waals surface area contributed by atoms with Crippen LogP contribution < -0.4 is 14.8 Å². The number of methoxy groups -OCH3 is 2. The molecular formula is C21H26N4O6S. The molecule has 0 unspecified atom stereocenters. The lowest BCUT2D eigenvalue weighted by Crippen LogP contribution is -2.46. The number of aliphatic hydroxyl groups excluding tert-OH is 1.